The van der Waals surface area contributed by atoms with E-state index in [0.717, 1.165) is 11.3 Å². The Hall–Kier alpha value is -2.16. The summed E-state index contributed by atoms with van der Waals surface area (Å²) in [5.74, 6) is 1.26. The highest BCUT2D eigenvalue weighted by molar-refractivity contribution is 5.80. The summed E-state index contributed by atoms with van der Waals surface area (Å²) in [6, 6.07) is 11.5. The molecule has 0 atom stereocenters. The summed E-state index contributed by atoms with van der Waals surface area (Å²) in [7, 11) is 0. The van der Waals surface area contributed by atoms with Gasteiger partial charge in [-0.3, -0.25) is 0 Å². The van der Waals surface area contributed by atoms with E-state index in [1.165, 1.54) is 5.39 Å². The van der Waals surface area contributed by atoms with Crippen molar-refractivity contribution in [3.05, 3.63) is 48.9 Å². The van der Waals surface area contributed by atoms with Crippen molar-refractivity contribution < 1.29 is 9.15 Å². The third-order valence-corrected chi connectivity index (χ3v) is 2.24. The minimum absolute atomic E-state index is 0.501. The van der Waals surface area contributed by atoms with Crippen LogP contribution in [0.25, 0.3) is 10.9 Å². The van der Waals surface area contributed by atoms with Crippen LogP contribution in [0.4, 0.5) is 0 Å². The molecule has 3 nitrogen and oxygen atoms in total. The van der Waals surface area contributed by atoms with Gasteiger partial charge in [0.15, 0.2) is 0 Å². The Bertz CT molecular complexity index is 566. The predicted octanol–water partition coefficient (Wildman–Crippen LogP) is 3.55. The molecule has 0 aliphatic heterocycles. The van der Waals surface area contributed by atoms with E-state index in [-0.39, 0.29) is 0 Å². The average Bonchev–Trinajstić information content (AvgIpc) is 2.87. The number of rotatable bonds is 2. The van der Waals surface area contributed by atoms with Gasteiger partial charge in [-0.15, -0.1) is 0 Å². The molecule has 0 amide bonds. The first-order valence-corrected chi connectivity index (χ1v) is 4.70. The molecule has 3 heteroatoms. The van der Waals surface area contributed by atoms with Crippen LogP contribution in [-0.4, -0.2) is 4.98 Å². The van der Waals surface area contributed by atoms with E-state index >= 15 is 0 Å². The molecule has 3 aromatic rings. The van der Waals surface area contributed by atoms with Gasteiger partial charge in [0.2, 0.25) is 0 Å². The van der Waals surface area contributed by atoms with E-state index in [4.69, 9.17) is 9.15 Å². The molecule has 0 spiro atoms. The molecule has 0 unspecified atom stereocenters. The number of nitrogens with one attached hydrogen (secondary N) is 1. The Morgan fingerprint density at radius 2 is 2.13 bits per heavy atom. The fourth-order valence-corrected chi connectivity index (χ4v) is 1.53. The lowest BCUT2D eigenvalue weighted by atomic mass is 10.2. The van der Waals surface area contributed by atoms with Crippen molar-refractivity contribution in [3.63, 3.8) is 0 Å². The van der Waals surface area contributed by atoms with Crippen LogP contribution in [0.3, 0.4) is 0 Å². The molecule has 2 heterocycles. The monoisotopic (exact) mass is 199 g/mol. The number of aromatic nitrogens is 1. The Kier molecular flexibility index (Phi) is 1.75. The fraction of sp³-hybridized carbons (Fsp3) is 0. The van der Waals surface area contributed by atoms with Crippen LogP contribution in [-0.2, 0) is 0 Å². The van der Waals surface area contributed by atoms with Gasteiger partial charge < -0.3 is 14.1 Å². The second-order valence-electron chi connectivity index (χ2n) is 3.26. The zero-order valence-corrected chi connectivity index (χ0v) is 7.94. The zero-order chi connectivity index (χ0) is 10.1. The lowest BCUT2D eigenvalue weighted by Gasteiger charge is -2.01. The molecular formula is C12H9NO2. The van der Waals surface area contributed by atoms with Gasteiger partial charge in [-0.05, 0) is 29.7 Å². The van der Waals surface area contributed by atoms with E-state index in [9.17, 15) is 0 Å². The van der Waals surface area contributed by atoms with E-state index in [1.807, 2.05) is 30.5 Å². The van der Waals surface area contributed by atoms with Crippen LogP contribution in [0.1, 0.15) is 0 Å². The fourth-order valence-electron chi connectivity index (χ4n) is 1.53. The molecule has 15 heavy (non-hydrogen) atoms. The molecule has 2 aromatic heterocycles. The average molecular weight is 199 g/mol. The van der Waals surface area contributed by atoms with Gasteiger partial charge in [0.05, 0.1) is 6.26 Å². The van der Waals surface area contributed by atoms with Crippen LogP contribution in [0.15, 0.2) is 53.3 Å². The highest BCUT2D eigenvalue weighted by Gasteiger charge is 2.01. The van der Waals surface area contributed by atoms with Crippen LogP contribution in [0.2, 0.25) is 0 Å². The van der Waals surface area contributed by atoms with Crippen molar-refractivity contribution >= 4 is 10.9 Å². The molecule has 0 saturated heterocycles. The number of H-pyrrole nitrogens is 1. The minimum atomic E-state index is 0.501. The first-order chi connectivity index (χ1) is 7.42. The summed E-state index contributed by atoms with van der Waals surface area (Å²) in [5, 5.41) is 1.17. The van der Waals surface area contributed by atoms with Crippen molar-refractivity contribution in [2.24, 2.45) is 0 Å². The molecule has 0 aliphatic carbocycles. The van der Waals surface area contributed by atoms with Gasteiger partial charge in [-0.1, -0.05) is 0 Å². The summed E-state index contributed by atoms with van der Waals surface area (Å²) in [6.07, 6.45) is 3.49. The largest absolute Gasteiger partial charge is 0.434 e. The van der Waals surface area contributed by atoms with Gasteiger partial charge in [-0.25, -0.2) is 0 Å². The lowest BCUT2D eigenvalue weighted by molar-refractivity contribution is 0.347. The summed E-state index contributed by atoms with van der Waals surface area (Å²) in [5.41, 5.74) is 1.05. The number of hydrogen-bond donors (Lipinski definition) is 1. The van der Waals surface area contributed by atoms with Gasteiger partial charge in [0.25, 0.3) is 5.95 Å². The zero-order valence-electron chi connectivity index (χ0n) is 7.94. The number of benzene rings is 1. The van der Waals surface area contributed by atoms with Crippen molar-refractivity contribution in [2.75, 3.05) is 0 Å². The van der Waals surface area contributed by atoms with Crippen LogP contribution in [0.5, 0.6) is 11.7 Å². The first kappa shape index (κ1) is 8.17. The second-order valence-corrected chi connectivity index (χ2v) is 3.26. The normalized spacial score (nSPS) is 10.7. The molecule has 0 bridgehead atoms. The Labute approximate surface area is 86.3 Å². The molecule has 0 saturated carbocycles. The Balaban J connectivity index is 1.97. The van der Waals surface area contributed by atoms with Gasteiger partial charge >= 0.3 is 0 Å². The quantitative estimate of drug-likeness (QED) is 0.685. The number of furan rings is 1. The minimum Gasteiger partial charge on any atom is -0.434 e. The Morgan fingerprint density at radius 1 is 1.13 bits per heavy atom. The van der Waals surface area contributed by atoms with Crippen LogP contribution < -0.4 is 4.74 Å². The molecule has 0 radical (unpaired) electrons. The number of ether oxygens (including phenoxy) is 1. The highest BCUT2D eigenvalue weighted by atomic mass is 16.6. The number of aromatic amines is 1. The standard InChI is InChI=1S/C12H9NO2/c1-2-12(14-7-1)15-10-4-3-9-5-6-13-11(9)8-10/h1-8,13H. The van der Waals surface area contributed by atoms with Crippen molar-refractivity contribution in [3.8, 4) is 11.7 Å². The SMILES string of the molecule is c1coc(Oc2ccc3cc[nH]c3c2)c1. The lowest BCUT2D eigenvalue weighted by Crippen LogP contribution is -1.80. The molecule has 3 rings (SSSR count). The second kappa shape index (κ2) is 3.20. The van der Waals surface area contributed by atoms with E-state index in [1.54, 1.807) is 18.4 Å². The van der Waals surface area contributed by atoms with Gasteiger partial charge in [0, 0.05) is 23.8 Å². The van der Waals surface area contributed by atoms with Crippen molar-refractivity contribution in [1.82, 2.24) is 4.98 Å². The topological polar surface area (TPSA) is 38.2 Å². The Morgan fingerprint density at radius 3 is 3.00 bits per heavy atom. The van der Waals surface area contributed by atoms with Gasteiger partial charge in [0.1, 0.15) is 5.75 Å². The summed E-state index contributed by atoms with van der Waals surface area (Å²) >= 11 is 0. The first-order valence-electron chi connectivity index (χ1n) is 4.70. The molecule has 1 N–H and O–H groups in total. The molecule has 74 valence electrons. The molecule has 0 aliphatic rings. The predicted molar refractivity (Wildman–Crippen MR) is 57.1 cm³/mol. The summed E-state index contributed by atoms with van der Waals surface area (Å²) in [4.78, 5) is 3.13. The highest BCUT2D eigenvalue weighted by Crippen LogP contribution is 2.24. The number of fused-ring (bicyclic) bond motifs is 1. The molecular weight excluding hydrogens is 190 g/mol. The van der Waals surface area contributed by atoms with Crippen molar-refractivity contribution in [1.29, 1.82) is 0 Å². The van der Waals surface area contributed by atoms with E-state index < -0.39 is 0 Å². The molecule has 1 aromatic carbocycles. The maximum Gasteiger partial charge on any atom is 0.289 e. The maximum absolute atomic E-state index is 5.51. The molecule has 0 fully saturated rings. The maximum atomic E-state index is 5.51. The number of hydrogen-bond acceptors (Lipinski definition) is 2. The summed E-state index contributed by atoms with van der Waals surface area (Å²) in [6.45, 7) is 0. The van der Waals surface area contributed by atoms with E-state index in [0.29, 0.717) is 5.95 Å². The van der Waals surface area contributed by atoms with Gasteiger partial charge in [-0.2, -0.15) is 0 Å². The van der Waals surface area contributed by atoms with E-state index in [2.05, 4.69) is 4.98 Å². The van der Waals surface area contributed by atoms with Crippen LogP contribution >= 0.6 is 0 Å². The summed E-state index contributed by atoms with van der Waals surface area (Å²) < 4.78 is 10.6. The third kappa shape index (κ3) is 1.48. The smallest absolute Gasteiger partial charge is 0.289 e. The third-order valence-electron chi connectivity index (χ3n) is 2.24. The van der Waals surface area contributed by atoms with Crippen LogP contribution in [0, 0.1) is 0 Å². The van der Waals surface area contributed by atoms with Crippen molar-refractivity contribution in [2.45, 2.75) is 0 Å².